The van der Waals surface area contributed by atoms with Gasteiger partial charge in [0.15, 0.2) is 5.60 Å². The van der Waals surface area contributed by atoms with Gasteiger partial charge in [-0.15, -0.1) is 12.8 Å². The van der Waals surface area contributed by atoms with Gasteiger partial charge in [-0.25, -0.2) is 4.39 Å². The number of non-ortho nitro benzene ring substituents is 2. The second-order valence-corrected chi connectivity index (χ2v) is 6.94. The third-order valence-electron chi connectivity index (χ3n) is 3.16. The standard InChI is InChI=1S/C11H11NO3.C6H4FNO2.C5H8O.Na.H/c1-4-11(2,3)15-10-7-5-9(6-8-10)12(13)14;7-5-1-3-6(4-2-5)8(9)10;1-4-5(2,3)6;;/h1,5-8H,2-3H3;1-4H;1,6H,2-3H3;;/q;;;+1;-1. The zero-order valence-electron chi connectivity index (χ0n) is 19.5. The molecule has 0 saturated carbocycles. The van der Waals surface area contributed by atoms with Crippen molar-refractivity contribution in [1.29, 1.82) is 0 Å². The average Bonchev–Trinajstić information content (AvgIpc) is 2.69. The maximum atomic E-state index is 12.1. The van der Waals surface area contributed by atoms with Gasteiger partial charge in [0, 0.05) is 24.3 Å². The number of terminal acetylenes is 2. The van der Waals surface area contributed by atoms with Gasteiger partial charge in [0.05, 0.1) is 9.85 Å². The van der Waals surface area contributed by atoms with E-state index in [1.54, 1.807) is 27.7 Å². The normalized spacial score (nSPS) is 9.75. The van der Waals surface area contributed by atoms with Crippen LogP contribution in [-0.4, -0.2) is 26.2 Å². The van der Waals surface area contributed by atoms with E-state index >= 15 is 0 Å². The summed E-state index contributed by atoms with van der Waals surface area (Å²) in [5.74, 6) is 4.68. The van der Waals surface area contributed by atoms with Crippen LogP contribution in [-0.2, 0) is 0 Å². The van der Waals surface area contributed by atoms with Gasteiger partial charge in [-0.05, 0) is 52.0 Å². The molecule has 0 aromatic heterocycles. The summed E-state index contributed by atoms with van der Waals surface area (Å²) in [5.41, 5.74) is -1.71. The van der Waals surface area contributed by atoms with Crippen LogP contribution in [0.2, 0.25) is 0 Å². The molecule has 2 rings (SSSR count). The van der Waals surface area contributed by atoms with Gasteiger partial charge < -0.3 is 11.3 Å². The molecule has 1 N–H and O–H groups in total. The number of halogens is 1. The van der Waals surface area contributed by atoms with Crippen LogP contribution >= 0.6 is 0 Å². The molecule has 0 fully saturated rings. The number of ether oxygens (including phenoxy) is 1. The molecule has 0 unspecified atom stereocenters. The Morgan fingerprint density at radius 3 is 1.53 bits per heavy atom. The van der Waals surface area contributed by atoms with Crippen LogP contribution in [0.1, 0.15) is 29.1 Å². The van der Waals surface area contributed by atoms with E-state index < -0.39 is 26.9 Å². The number of nitro benzene ring substituents is 2. The van der Waals surface area contributed by atoms with Crippen molar-refractivity contribution in [3.63, 3.8) is 0 Å². The Hall–Kier alpha value is -2.95. The summed E-state index contributed by atoms with van der Waals surface area (Å²) in [5, 5.41) is 29.0. The molecular formula is C22H24FN2NaO6. The summed E-state index contributed by atoms with van der Waals surface area (Å²) in [6, 6.07) is 10.2. The molecule has 8 nitrogen and oxygen atoms in total. The molecule has 2 aromatic carbocycles. The first kappa shape index (κ1) is 31.2. The second kappa shape index (κ2) is 14.2. The smallest absolute Gasteiger partial charge is 1.00 e. The molecule has 32 heavy (non-hydrogen) atoms. The molecule has 0 amide bonds. The Morgan fingerprint density at radius 1 is 0.906 bits per heavy atom. The van der Waals surface area contributed by atoms with Crippen LogP contribution in [0, 0.1) is 50.7 Å². The fraction of sp³-hybridized carbons (Fsp3) is 0.273. The van der Waals surface area contributed by atoms with Crippen molar-refractivity contribution in [1.82, 2.24) is 0 Å². The van der Waals surface area contributed by atoms with Crippen LogP contribution in [0.15, 0.2) is 48.5 Å². The van der Waals surface area contributed by atoms with Crippen LogP contribution in [0.4, 0.5) is 15.8 Å². The molecule has 0 atom stereocenters. The van der Waals surface area contributed by atoms with Gasteiger partial charge in [0.25, 0.3) is 11.4 Å². The van der Waals surface area contributed by atoms with Crippen molar-refractivity contribution in [2.24, 2.45) is 0 Å². The Balaban J connectivity index is -0.000000436. The van der Waals surface area contributed by atoms with Gasteiger partial charge in [-0.2, -0.15) is 0 Å². The molecule has 0 aliphatic carbocycles. The van der Waals surface area contributed by atoms with E-state index in [1.165, 1.54) is 24.3 Å². The number of benzene rings is 2. The van der Waals surface area contributed by atoms with Gasteiger partial charge in [-0.3, -0.25) is 20.2 Å². The minimum absolute atomic E-state index is 0. The summed E-state index contributed by atoms with van der Waals surface area (Å²) in [4.78, 5) is 19.3. The van der Waals surface area contributed by atoms with Gasteiger partial charge >= 0.3 is 29.6 Å². The van der Waals surface area contributed by atoms with Crippen molar-refractivity contribution >= 4 is 11.4 Å². The van der Waals surface area contributed by atoms with Crippen molar-refractivity contribution in [2.75, 3.05) is 0 Å². The van der Waals surface area contributed by atoms with E-state index in [-0.39, 0.29) is 42.4 Å². The van der Waals surface area contributed by atoms with Crippen molar-refractivity contribution < 1.29 is 55.1 Å². The molecule has 166 valence electrons. The largest absolute Gasteiger partial charge is 1.00 e. The van der Waals surface area contributed by atoms with Crippen molar-refractivity contribution in [2.45, 2.75) is 38.9 Å². The number of aliphatic hydroxyl groups is 1. The molecule has 10 heteroatoms. The van der Waals surface area contributed by atoms with E-state index in [1.807, 2.05) is 0 Å². The fourth-order valence-electron chi connectivity index (χ4n) is 1.52. The first-order valence-corrected chi connectivity index (χ1v) is 8.72. The first-order chi connectivity index (χ1) is 14.2. The molecule has 0 bridgehead atoms. The number of nitrogens with zero attached hydrogens (tertiary/aromatic N) is 2. The summed E-state index contributed by atoms with van der Waals surface area (Å²) < 4.78 is 17.6. The molecule has 0 radical (unpaired) electrons. The summed E-state index contributed by atoms with van der Waals surface area (Å²) in [7, 11) is 0. The van der Waals surface area contributed by atoms with Gasteiger partial charge in [0.2, 0.25) is 0 Å². The molecule has 2 aromatic rings. The zero-order valence-corrected chi connectivity index (χ0v) is 20.5. The molecule has 0 heterocycles. The van der Waals surface area contributed by atoms with E-state index in [4.69, 9.17) is 22.7 Å². The summed E-state index contributed by atoms with van der Waals surface area (Å²) in [6.45, 7) is 6.61. The van der Waals surface area contributed by atoms with Gasteiger partial charge in [-0.1, -0.05) is 11.8 Å². The minimum Gasteiger partial charge on any atom is -1.00 e. The molecule has 0 saturated heterocycles. The first-order valence-electron chi connectivity index (χ1n) is 8.72. The number of rotatable bonds is 4. The minimum atomic E-state index is -0.931. The van der Waals surface area contributed by atoms with Crippen LogP contribution < -0.4 is 34.3 Å². The van der Waals surface area contributed by atoms with Crippen molar-refractivity contribution in [3.05, 3.63) is 74.6 Å². The number of nitro groups is 2. The Morgan fingerprint density at radius 2 is 1.25 bits per heavy atom. The summed E-state index contributed by atoms with van der Waals surface area (Å²) in [6.07, 6.45) is 10.1. The Labute approximate surface area is 209 Å². The van der Waals surface area contributed by atoms with Crippen LogP contribution in [0.3, 0.4) is 0 Å². The molecule has 0 spiro atoms. The van der Waals surface area contributed by atoms with E-state index in [0.717, 1.165) is 24.3 Å². The third kappa shape index (κ3) is 14.1. The van der Waals surface area contributed by atoms with Crippen LogP contribution in [0.5, 0.6) is 5.75 Å². The van der Waals surface area contributed by atoms with Crippen LogP contribution in [0.25, 0.3) is 0 Å². The number of hydrogen-bond donors (Lipinski definition) is 1. The average molecular weight is 454 g/mol. The molecule has 0 aliphatic rings. The topological polar surface area (TPSA) is 116 Å². The summed E-state index contributed by atoms with van der Waals surface area (Å²) >= 11 is 0. The monoisotopic (exact) mass is 454 g/mol. The number of hydrogen-bond acceptors (Lipinski definition) is 6. The SMILES string of the molecule is C#CC(C)(C)O.C#CC(C)(C)Oc1ccc([N+](=O)[O-])cc1.O=[N+]([O-])c1ccc(F)cc1.[H-].[Na+]. The van der Waals surface area contributed by atoms with E-state index in [9.17, 15) is 24.6 Å². The third-order valence-corrected chi connectivity index (χ3v) is 3.16. The second-order valence-electron chi connectivity index (χ2n) is 6.94. The zero-order chi connectivity index (χ0) is 24.2. The fourth-order valence-corrected chi connectivity index (χ4v) is 1.52. The van der Waals surface area contributed by atoms with E-state index in [0.29, 0.717) is 5.75 Å². The quantitative estimate of drug-likeness (QED) is 0.325. The Kier molecular flexibility index (Phi) is 13.8. The Bertz CT molecular complexity index is 963. The predicted octanol–water partition coefficient (Wildman–Crippen LogP) is 1.63. The maximum absolute atomic E-state index is 12.1. The van der Waals surface area contributed by atoms with Gasteiger partial charge in [0.1, 0.15) is 17.2 Å². The molecular weight excluding hydrogens is 430 g/mol. The van der Waals surface area contributed by atoms with E-state index in [2.05, 4.69) is 11.8 Å². The molecule has 0 aliphatic heterocycles. The predicted molar refractivity (Wildman–Crippen MR) is 116 cm³/mol. The maximum Gasteiger partial charge on any atom is 1.00 e. The van der Waals surface area contributed by atoms with Crippen molar-refractivity contribution in [3.8, 4) is 30.4 Å².